The van der Waals surface area contributed by atoms with Gasteiger partial charge in [-0.3, -0.25) is 4.79 Å². The molecule has 98 valence electrons. The zero-order valence-electron chi connectivity index (χ0n) is 11.4. The van der Waals surface area contributed by atoms with Gasteiger partial charge < -0.3 is 10.6 Å². The Hall–Kier alpha value is -1.35. The van der Waals surface area contributed by atoms with E-state index in [2.05, 4.69) is 32.0 Å². The van der Waals surface area contributed by atoms with Crippen molar-refractivity contribution in [1.29, 1.82) is 0 Å². The Morgan fingerprint density at radius 1 is 1.39 bits per heavy atom. The molecule has 0 spiro atoms. The molecule has 1 aromatic carbocycles. The van der Waals surface area contributed by atoms with E-state index in [0.29, 0.717) is 6.42 Å². The monoisotopic (exact) mass is 246 g/mol. The summed E-state index contributed by atoms with van der Waals surface area (Å²) in [5.74, 6) is 0.227. The summed E-state index contributed by atoms with van der Waals surface area (Å²) in [6, 6.07) is 6.47. The second kappa shape index (κ2) is 5.11. The van der Waals surface area contributed by atoms with Crippen LogP contribution < -0.4 is 5.73 Å². The van der Waals surface area contributed by atoms with Crippen LogP contribution in [0.25, 0.3) is 0 Å². The lowest BCUT2D eigenvalue weighted by atomic mass is 9.87. The molecule has 18 heavy (non-hydrogen) atoms. The zero-order chi connectivity index (χ0) is 13.3. The third-order valence-electron chi connectivity index (χ3n) is 3.85. The minimum Gasteiger partial charge on any atom is -0.334 e. The van der Waals surface area contributed by atoms with E-state index < -0.39 is 0 Å². The summed E-state index contributed by atoms with van der Waals surface area (Å²) in [6.07, 6.45) is 1.36. The average Bonchev–Trinajstić information content (AvgIpc) is 2.35. The molecule has 0 bridgehead atoms. The van der Waals surface area contributed by atoms with Gasteiger partial charge in [-0.2, -0.15) is 0 Å². The molecule has 1 aromatic rings. The van der Waals surface area contributed by atoms with Crippen LogP contribution in [-0.2, 0) is 4.79 Å². The quantitative estimate of drug-likeness (QED) is 0.870. The predicted octanol–water partition coefficient (Wildman–Crippen LogP) is 2.31. The molecule has 1 aliphatic heterocycles. The number of hydrogen-bond donors (Lipinski definition) is 1. The SMILES string of the molecule is CCN1C(=O)CCC(N)C1c1cc(C)ccc1C. The molecule has 0 aliphatic carbocycles. The van der Waals surface area contributed by atoms with Crippen LogP contribution in [0.1, 0.15) is 42.5 Å². The zero-order valence-corrected chi connectivity index (χ0v) is 11.4. The molecule has 0 saturated carbocycles. The summed E-state index contributed by atoms with van der Waals surface area (Å²) in [6.45, 7) is 6.92. The molecular weight excluding hydrogens is 224 g/mol. The first-order valence-corrected chi connectivity index (χ1v) is 6.66. The van der Waals surface area contributed by atoms with Crippen LogP contribution in [0.3, 0.4) is 0 Å². The molecule has 1 amide bonds. The number of likely N-dealkylation sites (N-methyl/N-ethyl adjacent to an activating group) is 1. The van der Waals surface area contributed by atoms with Crippen molar-refractivity contribution in [3.05, 3.63) is 34.9 Å². The molecule has 1 aliphatic rings. The number of piperidine rings is 1. The number of rotatable bonds is 2. The van der Waals surface area contributed by atoms with E-state index in [4.69, 9.17) is 5.73 Å². The summed E-state index contributed by atoms with van der Waals surface area (Å²) < 4.78 is 0. The van der Waals surface area contributed by atoms with Gasteiger partial charge >= 0.3 is 0 Å². The number of aryl methyl sites for hydroxylation is 2. The maximum absolute atomic E-state index is 12.0. The van der Waals surface area contributed by atoms with Gasteiger partial charge in [0, 0.05) is 19.0 Å². The van der Waals surface area contributed by atoms with Crippen molar-refractivity contribution in [2.24, 2.45) is 5.73 Å². The summed E-state index contributed by atoms with van der Waals surface area (Å²) in [5, 5.41) is 0. The highest BCUT2D eigenvalue weighted by Gasteiger charge is 2.34. The Balaban J connectivity index is 2.44. The van der Waals surface area contributed by atoms with Crippen molar-refractivity contribution >= 4 is 5.91 Å². The Labute approximate surface area is 109 Å². The van der Waals surface area contributed by atoms with E-state index in [0.717, 1.165) is 13.0 Å². The molecule has 0 radical (unpaired) electrons. The van der Waals surface area contributed by atoms with Crippen LogP contribution in [0.2, 0.25) is 0 Å². The lowest BCUT2D eigenvalue weighted by Gasteiger charge is -2.40. The van der Waals surface area contributed by atoms with Crippen molar-refractivity contribution in [3.63, 3.8) is 0 Å². The first-order valence-electron chi connectivity index (χ1n) is 6.66. The highest BCUT2D eigenvalue weighted by atomic mass is 16.2. The number of benzene rings is 1. The van der Waals surface area contributed by atoms with E-state index in [1.54, 1.807) is 0 Å². The van der Waals surface area contributed by atoms with Crippen LogP contribution in [-0.4, -0.2) is 23.4 Å². The highest BCUT2D eigenvalue weighted by molar-refractivity contribution is 5.78. The van der Waals surface area contributed by atoms with Crippen molar-refractivity contribution < 1.29 is 4.79 Å². The Morgan fingerprint density at radius 2 is 2.11 bits per heavy atom. The number of amides is 1. The van der Waals surface area contributed by atoms with Crippen molar-refractivity contribution in [2.75, 3.05) is 6.54 Å². The van der Waals surface area contributed by atoms with Crippen LogP contribution >= 0.6 is 0 Å². The number of nitrogens with two attached hydrogens (primary N) is 1. The van der Waals surface area contributed by atoms with Crippen LogP contribution in [0.4, 0.5) is 0 Å². The molecule has 2 unspecified atom stereocenters. The summed E-state index contributed by atoms with van der Waals surface area (Å²) in [5.41, 5.74) is 9.91. The molecule has 3 heteroatoms. The average molecular weight is 246 g/mol. The standard InChI is InChI=1S/C15H22N2O/c1-4-17-14(18)8-7-13(16)15(17)12-9-10(2)5-6-11(12)3/h5-6,9,13,15H,4,7-8,16H2,1-3H3. The van der Waals surface area contributed by atoms with E-state index in [-0.39, 0.29) is 18.0 Å². The van der Waals surface area contributed by atoms with Gasteiger partial charge in [-0.15, -0.1) is 0 Å². The van der Waals surface area contributed by atoms with Gasteiger partial charge in [-0.05, 0) is 38.3 Å². The van der Waals surface area contributed by atoms with Crippen molar-refractivity contribution in [1.82, 2.24) is 4.90 Å². The predicted molar refractivity (Wildman–Crippen MR) is 73.3 cm³/mol. The Kier molecular flexibility index (Phi) is 3.71. The number of likely N-dealkylation sites (tertiary alicyclic amines) is 1. The molecule has 2 atom stereocenters. The van der Waals surface area contributed by atoms with Gasteiger partial charge in [0.25, 0.3) is 0 Å². The third kappa shape index (κ3) is 2.27. The van der Waals surface area contributed by atoms with Gasteiger partial charge in [0.2, 0.25) is 5.91 Å². The van der Waals surface area contributed by atoms with Gasteiger partial charge in [0.1, 0.15) is 0 Å². The number of hydrogen-bond acceptors (Lipinski definition) is 2. The largest absolute Gasteiger partial charge is 0.334 e. The minimum absolute atomic E-state index is 0.0381. The lowest BCUT2D eigenvalue weighted by Crippen LogP contribution is -2.48. The van der Waals surface area contributed by atoms with Gasteiger partial charge in [0.15, 0.2) is 0 Å². The molecule has 3 nitrogen and oxygen atoms in total. The first-order chi connectivity index (χ1) is 8.54. The molecule has 2 rings (SSSR count). The normalized spacial score (nSPS) is 24.4. The Morgan fingerprint density at radius 3 is 2.78 bits per heavy atom. The second-order valence-electron chi connectivity index (χ2n) is 5.19. The lowest BCUT2D eigenvalue weighted by molar-refractivity contribution is -0.137. The van der Waals surface area contributed by atoms with E-state index in [1.165, 1.54) is 16.7 Å². The topological polar surface area (TPSA) is 46.3 Å². The molecule has 1 fully saturated rings. The smallest absolute Gasteiger partial charge is 0.223 e. The van der Waals surface area contributed by atoms with Crippen molar-refractivity contribution in [3.8, 4) is 0 Å². The number of nitrogens with zero attached hydrogens (tertiary/aromatic N) is 1. The fourth-order valence-electron chi connectivity index (χ4n) is 2.83. The molecular formula is C15H22N2O. The number of carbonyl (C=O) groups is 1. The summed E-state index contributed by atoms with van der Waals surface area (Å²) >= 11 is 0. The minimum atomic E-state index is 0.0381. The van der Waals surface area contributed by atoms with E-state index in [9.17, 15) is 4.79 Å². The third-order valence-corrected chi connectivity index (χ3v) is 3.85. The highest BCUT2D eigenvalue weighted by Crippen LogP contribution is 2.32. The van der Waals surface area contributed by atoms with Crippen LogP contribution in [0.15, 0.2) is 18.2 Å². The van der Waals surface area contributed by atoms with Gasteiger partial charge in [-0.1, -0.05) is 23.8 Å². The van der Waals surface area contributed by atoms with Gasteiger partial charge in [-0.25, -0.2) is 0 Å². The fraction of sp³-hybridized carbons (Fsp3) is 0.533. The maximum atomic E-state index is 12.0. The van der Waals surface area contributed by atoms with Gasteiger partial charge in [0.05, 0.1) is 6.04 Å². The molecule has 0 aromatic heterocycles. The Bertz CT molecular complexity index is 456. The molecule has 1 saturated heterocycles. The van der Waals surface area contributed by atoms with E-state index in [1.807, 2.05) is 11.8 Å². The van der Waals surface area contributed by atoms with Crippen LogP contribution in [0, 0.1) is 13.8 Å². The summed E-state index contributed by atoms with van der Waals surface area (Å²) in [4.78, 5) is 13.9. The second-order valence-corrected chi connectivity index (χ2v) is 5.19. The summed E-state index contributed by atoms with van der Waals surface area (Å²) in [7, 11) is 0. The first kappa shape index (κ1) is 13.1. The fourth-order valence-corrected chi connectivity index (χ4v) is 2.83. The molecule has 2 N–H and O–H groups in total. The van der Waals surface area contributed by atoms with Crippen molar-refractivity contribution in [2.45, 2.75) is 45.7 Å². The number of carbonyl (C=O) groups excluding carboxylic acids is 1. The van der Waals surface area contributed by atoms with Crippen LogP contribution in [0.5, 0.6) is 0 Å². The van der Waals surface area contributed by atoms with E-state index >= 15 is 0 Å². The maximum Gasteiger partial charge on any atom is 0.223 e. The molecule has 1 heterocycles.